The Balaban J connectivity index is 3.50. The van der Waals surface area contributed by atoms with E-state index in [4.69, 9.17) is 0 Å². The van der Waals surface area contributed by atoms with Crippen molar-refractivity contribution in [1.29, 1.82) is 0 Å². The van der Waals surface area contributed by atoms with E-state index in [9.17, 15) is 0 Å². The first-order valence-corrected chi connectivity index (χ1v) is 9.70. The van der Waals surface area contributed by atoms with E-state index >= 15 is 0 Å². The molecule has 0 N–H and O–H groups in total. The van der Waals surface area contributed by atoms with E-state index in [1.807, 2.05) is 12.2 Å². The van der Waals surface area contributed by atoms with Crippen LogP contribution in [0.15, 0.2) is 25.3 Å². The number of hydrogen-bond acceptors (Lipinski definition) is 0. The lowest BCUT2D eigenvalue weighted by molar-refractivity contribution is -0.898. The quantitative estimate of drug-likeness (QED) is 0.142. The highest BCUT2D eigenvalue weighted by Crippen LogP contribution is 2.17. The van der Waals surface area contributed by atoms with Gasteiger partial charge in [-0.05, 0) is 31.4 Å². The first-order valence-electron chi connectivity index (χ1n) is 7.87. The molecule has 0 heterocycles. The molecule has 3 heteroatoms. The summed E-state index contributed by atoms with van der Waals surface area (Å²) >= 11 is 7.05. The third kappa shape index (κ3) is 12.2. The Hall–Kier alpha value is 0.400. The summed E-state index contributed by atoms with van der Waals surface area (Å²) in [4.78, 5) is 0. The van der Waals surface area contributed by atoms with Crippen LogP contribution in [0.5, 0.6) is 0 Å². The number of rotatable bonds is 14. The maximum atomic E-state index is 3.87. The van der Waals surface area contributed by atoms with Crippen molar-refractivity contribution in [2.75, 3.05) is 26.7 Å². The van der Waals surface area contributed by atoms with E-state index < -0.39 is 0 Å². The van der Waals surface area contributed by atoms with Crippen LogP contribution in [-0.4, -0.2) is 34.9 Å². The molecule has 0 saturated carbocycles. The number of quaternary nitrogens is 1. The van der Waals surface area contributed by atoms with E-state index in [1.165, 1.54) is 57.9 Å². The Morgan fingerprint density at radius 1 is 0.850 bits per heavy atom. The van der Waals surface area contributed by atoms with Crippen molar-refractivity contribution in [2.24, 2.45) is 0 Å². The number of halogens is 2. The Morgan fingerprint density at radius 2 is 1.30 bits per heavy atom. The molecule has 20 heavy (non-hydrogen) atoms. The monoisotopic (exact) mass is 408 g/mol. The average molecular weight is 410 g/mol. The average Bonchev–Trinajstić information content (AvgIpc) is 2.37. The van der Waals surface area contributed by atoms with Crippen LogP contribution >= 0.6 is 31.9 Å². The first-order chi connectivity index (χ1) is 9.54. The molecular weight excluding hydrogens is 378 g/mol. The topological polar surface area (TPSA) is 0 Å². The molecule has 0 aromatic heterocycles. The van der Waals surface area contributed by atoms with Gasteiger partial charge in [0.1, 0.15) is 0 Å². The third-order valence-electron chi connectivity index (χ3n) is 3.76. The maximum Gasteiger partial charge on any atom is 0.0971 e. The first kappa shape index (κ1) is 20.4. The SMILES string of the molecule is C=CC[N+](C)(CC=C)CCCCCCCCCC(Br)Br. The molecule has 0 spiro atoms. The van der Waals surface area contributed by atoms with Gasteiger partial charge >= 0.3 is 0 Å². The molecule has 0 radical (unpaired) electrons. The second kappa shape index (κ2) is 13.1. The highest BCUT2D eigenvalue weighted by molar-refractivity contribution is 9.24. The molecule has 0 aliphatic heterocycles. The van der Waals surface area contributed by atoms with Gasteiger partial charge in [0.15, 0.2) is 0 Å². The van der Waals surface area contributed by atoms with Gasteiger partial charge in [-0.3, -0.25) is 0 Å². The van der Waals surface area contributed by atoms with Crippen LogP contribution in [0.2, 0.25) is 0 Å². The van der Waals surface area contributed by atoms with Gasteiger partial charge in [-0.2, -0.15) is 0 Å². The summed E-state index contributed by atoms with van der Waals surface area (Å²) in [6, 6.07) is 0. The standard InChI is InChI=1S/C17H32Br2N/c1-4-14-20(3,15-5-2)16-12-10-8-6-7-9-11-13-17(18)19/h4-5,17H,1-2,6-16H2,3H3/q+1. The molecule has 0 aromatic carbocycles. The van der Waals surface area contributed by atoms with Crippen molar-refractivity contribution in [3.63, 3.8) is 0 Å². The van der Waals surface area contributed by atoms with Gasteiger partial charge in [-0.15, -0.1) is 0 Å². The van der Waals surface area contributed by atoms with Crippen molar-refractivity contribution in [1.82, 2.24) is 0 Å². The minimum absolute atomic E-state index is 0.500. The van der Waals surface area contributed by atoms with E-state index in [0.717, 1.165) is 17.6 Å². The molecular formula is C17H32Br2N+. The van der Waals surface area contributed by atoms with Crippen LogP contribution in [0.1, 0.15) is 51.4 Å². The zero-order valence-corrected chi connectivity index (χ0v) is 16.3. The number of hydrogen-bond donors (Lipinski definition) is 0. The molecule has 118 valence electrons. The van der Waals surface area contributed by atoms with Gasteiger partial charge in [-0.1, -0.05) is 77.1 Å². The molecule has 0 rings (SSSR count). The van der Waals surface area contributed by atoms with E-state index in [-0.39, 0.29) is 0 Å². The van der Waals surface area contributed by atoms with Crippen LogP contribution in [0, 0.1) is 0 Å². The fraction of sp³-hybridized carbons (Fsp3) is 0.765. The zero-order valence-electron chi connectivity index (χ0n) is 13.1. The normalized spacial score (nSPS) is 11.8. The van der Waals surface area contributed by atoms with Crippen LogP contribution in [0.25, 0.3) is 0 Å². The van der Waals surface area contributed by atoms with Crippen molar-refractivity contribution in [3.8, 4) is 0 Å². The zero-order chi connectivity index (χ0) is 15.3. The molecule has 1 nitrogen and oxygen atoms in total. The van der Waals surface area contributed by atoms with Crippen molar-refractivity contribution < 1.29 is 4.48 Å². The second-order valence-electron chi connectivity index (χ2n) is 5.94. The molecule has 0 saturated heterocycles. The van der Waals surface area contributed by atoms with Gasteiger partial charge < -0.3 is 4.48 Å². The fourth-order valence-corrected chi connectivity index (χ4v) is 3.20. The molecule has 0 amide bonds. The Morgan fingerprint density at radius 3 is 1.75 bits per heavy atom. The smallest absolute Gasteiger partial charge is 0.0971 e. The minimum atomic E-state index is 0.500. The molecule has 0 aliphatic carbocycles. The van der Waals surface area contributed by atoms with Gasteiger partial charge in [0.25, 0.3) is 0 Å². The maximum absolute atomic E-state index is 3.87. The van der Waals surface area contributed by atoms with Gasteiger partial charge in [0, 0.05) is 0 Å². The Bertz CT molecular complexity index is 241. The number of alkyl halides is 2. The minimum Gasteiger partial charge on any atom is -0.320 e. The Labute approximate surface area is 143 Å². The predicted molar refractivity (Wildman–Crippen MR) is 99.8 cm³/mol. The largest absolute Gasteiger partial charge is 0.320 e. The second-order valence-corrected chi connectivity index (χ2v) is 9.38. The van der Waals surface area contributed by atoms with Crippen LogP contribution in [-0.2, 0) is 0 Å². The van der Waals surface area contributed by atoms with E-state index in [1.54, 1.807) is 0 Å². The molecule has 0 aromatic rings. The molecule has 0 bridgehead atoms. The third-order valence-corrected chi connectivity index (χ3v) is 4.68. The van der Waals surface area contributed by atoms with Crippen molar-refractivity contribution in [2.45, 2.75) is 55.1 Å². The number of likely N-dealkylation sites (N-methyl/N-ethyl adjacent to an activating group) is 1. The summed E-state index contributed by atoms with van der Waals surface area (Å²) in [5.74, 6) is 0. The van der Waals surface area contributed by atoms with Crippen molar-refractivity contribution >= 4 is 31.9 Å². The summed E-state index contributed by atoms with van der Waals surface area (Å²) in [5.41, 5.74) is 0. The highest BCUT2D eigenvalue weighted by Gasteiger charge is 2.16. The number of unbranched alkanes of at least 4 members (excludes halogenated alkanes) is 6. The predicted octanol–water partition coefficient (Wildman–Crippen LogP) is 6.04. The van der Waals surface area contributed by atoms with Gasteiger partial charge in [-0.25, -0.2) is 0 Å². The van der Waals surface area contributed by atoms with Crippen LogP contribution in [0.4, 0.5) is 0 Å². The van der Waals surface area contributed by atoms with Gasteiger partial charge in [0.05, 0.1) is 30.4 Å². The lowest BCUT2D eigenvalue weighted by Gasteiger charge is -2.32. The molecule has 0 atom stereocenters. The summed E-state index contributed by atoms with van der Waals surface area (Å²) in [5, 5.41) is 0. The van der Waals surface area contributed by atoms with Crippen LogP contribution in [0.3, 0.4) is 0 Å². The lowest BCUT2D eigenvalue weighted by atomic mass is 10.1. The fourth-order valence-electron chi connectivity index (χ4n) is 2.56. The van der Waals surface area contributed by atoms with Gasteiger partial charge in [0.2, 0.25) is 0 Å². The Kier molecular flexibility index (Phi) is 13.4. The molecule has 0 unspecified atom stereocenters. The summed E-state index contributed by atoms with van der Waals surface area (Å²) in [6.45, 7) is 11.1. The molecule has 0 aliphatic rings. The summed E-state index contributed by atoms with van der Waals surface area (Å²) in [6.07, 6.45) is 14.8. The lowest BCUT2D eigenvalue weighted by Crippen LogP contribution is -2.44. The van der Waals surface area contributed by atoms with Crippen LogP contribution < -0.4 is 0 Å². The van der Waals surface area contributed by atoms with E-state index in [0.29, 0.717) is 3.74 Å². The van der Waals surface area contributed by atoms with Crippen molar-refractivity contribution in [3.05, 3.63) is 25.3 Å². The highest BCUT2D eigenvalue weighted by atomic mass is 79.9. The molecule has 0 fully saturated rings. The number of nitrogens with zero attached hydrogens (tertiary/aromatic N) is 1. The van der Waals surface area contributed by atoms with E-state index in [2.05, 4.69) is 52.1 Å². The summed E-state index contributed by atoms with van der Waals surface area (Å²) < 4.78 is 1.56. The summed E-state index contributed by atoms with van der Waals surface area (Å²) in [7, 11) is 2.31.